The lowest BCUT2D eigenvalue weighted by Crippen LogP contribution is -2.52. The molecule has 0 N–H and O–H groups in total. The van der Waals surface area contributed by atoms with Gasteiger partial charge in [-0.3, -0.25) is 4.90 Å². The number of piperidine rings is 1. The first-order chi connectivity index (χ1) is 18.7. The summed E-state index contributed by atoms with van der Waals surface area (Å²) in [6, 6.07) is 5.70. The normalized spacial score (nSPS) is 20.4. The van der Waals surface area contributed by atoms with E-state index in [0.29, 0.717) is 17.0 Å². The molecular weight excluding hydrogens is 566 g/mol. The minimum absolute atomic E-state index is 0.0378. The van der Waals surface area contributed by atoms with Crippen molar-refractivity contribution >= 4 is 29.7 Å². The Hall–Kier alpha value is -2.25. The number of piperazine rings is 1. The molecule has 4 rings (SSSR count). The minimum atomic E-state index is -5.73. The standard InChI is InChI=1S/C24H31ClF6N4O2.C2H4O/c1-32-7-4-22(16-32)5-8-34(9-6-22)19-14-18(25)3-2-17(19)15-33-10-12-35(13-11-33)21(36)37-20(23(26,27)28)24(29,30)31;1-2-3/h2-3,14,20H,4-13,15-16H2,1H3;2H,1H3. The number of rotatable bonds is 4. The van der Waals surface area contributed by atoms with Crippen LogP contribution >= 0.6 is 11.6 Å². The molecule has 1 aromatic carbocycles. The average molecular weight is 601 g/mol. The first-order valence-electron chi connectivity index (χ1n) is 13.1. The van der Waals surface area contributed by atoms with Gasteiger partial charge < -0.3 is 24.2 Å². The van der Waals surface area contributed by atoms with Gasteiger partial charge in [0.1, 0.15) is 6.29 Å². The van der Waals surface area contributed by atoms with Gasteiger partial charge in [0.25, 0.3) is 6.10 Å². The molecular formula is C26H35ClF6N4O3. The maximum Gasteiger partial charge on any atom is 0.434 e. The zero-order valence-electron chi connectivity index (χ0n) is 22.5. The maximum atomic E-state index is 12.7. The Bertz CT molecular complexity index is 995. The lowest BCUT2D eigenvalue weighted by Gasteiger charge is -2.41. The van der Waals surface area contributed by atoms with E-state index in [-0.39, 0.29) is 26.2 Å². The number of ether oxygens (including phenoxy) is 1. The van der Waals surface area contributed by atoms with Crippen LogP contribution in [0.1, 0.15) is 31.7 Å². The van der Waals surface area contributed by atoms with Crippen molar-refractivity contribution in [3.05, 3.63) is 28.8 Å². The van der Waals surface area contributed by atoms with E-state index in [2.05, 4.69) is 21.6 Å². The van der Waals surface area contributed by atoms with E-state index in [9.17, 15) is 31.1 Å². The van der Waals surface area contributed by atoms with Crippen LogP contribution in [0, 0.1) is 5.41 Å². The van der Waals surface area contributed by atoms with Crippen molar-refractivity contribution in [2.75, 3.05) is 64.3 Å². The summed E-state index contributed by atoms with van der Waals surface area (Å²) in [6.45, 7) is 6.53. The number of hydrogen-bond acceptors (Lipinski definition) is 6. The van der Waals surface area contributed by atoms with E-state index in [1.54, 1.807) is 6.07 Å². The molecule has 0 bridgehead atoms. The molecule has 0 atom stereocenters. The number of likely N-dealkylation sites (tertiary alicyclic amines) is 1. The topological polar surface area (TPSA) is 56.3 Å². The second-order valence-electron chi connectivity index (χ2n) is 10.6. The molecule has 0 radical (unpaired) electrons. The van der Waals surface area contributed by atoms with E-state index in [4.69, 9.17) is 16.4 Å². The molecule has 40 heavy (non-hydrogen) atoms. The number of nitrogens with zero attached hydrogens (tertiary/aromatic N) is 4. The van der Waals surface area contributed by atoms with Gasteiger partial charge in [0, 0.05) is 63.1 Å². The SMILES string of the molecule is CC=O.CN1CCC2(CCN(c3cc(Cl)ccc3CN3CCN(C(=O)OC(C(F)(F)F)C(F)(F)F)CC3)CC2)C1. The molecule has 3 saturated heterocycles. The Morgan fingerprint density at radius 1 is 1.00 bits per heavy atom. The van der Waals surface area contributed by atoms with E-state index in [1.165, 1.54) is 13.3 Å². The number of carbonyl (C=O) groups is 2. The third kappa shape index (κ3) is 8.39. The van der Waals surface area contributed by atoms with Crippen molar-refractivity contribution in [3.8, 4) is 0 Å². The van der Waals surface area contributed by atoms with Gasteiger partial charge in [-0.25, -0.2) is 4.79 Å². The van der Waals surface area contributed by atoms with Crippen molar-refractivity contribution in [1.29, 1.82) is 0 Å². The van der Waals surface area contributed by atoms with Gasteiger partial charge in [-0.05, 0) is 62.9 Å². The number of alkyl halides is 6. The molecule has 226 valence electrons. The Morgan fingerprint density at radius 2 is 1.55 bits per heavy atom. The van der Waals surface area contributed by atoms with Crippen molar-refractivity contribution < 1.29 is 40.7 Å². The Morgan fingerprint density at radius 3 is 2.05 bits per heavy atom. The fourth-order valence-corrected chi connectivity index (χ4v) is 5.74. The van der Waals surface area contributed by atoms with Crippen LogP contribution in [-0.4, -0.2) is 105 Å². The molecule has 3 aliphatic heterocycles. The highest BCUT2D eigenvalue weighted by atomic mass is 35.5. The summed E-state index contributed by atoms with van der Waals surface area (Å²) >= 11 is 6.31. The molecule has 0 aliphatic carbocycles. The summed E-state index contributed by atoms with van der Waals surface area (Å²) in [5.41, 5.74) is 2.44. The molecule has 0 saturated carbocycles. The lowest BCUT2D eigenvalue weighted by atomic mass is 9.77. The van der Waals surface area contributed by atoms with Gasteiger partial charge in [-0.2, -0.15) is 26.3 Å². The fourth-order valence-electron chi connectivity index (χ4n) is 5.58. The number of anilines is 1. The van der Waals surface area contributed by atoms with Crippen molar-refractivity contribution in [1.82, 2.24) is 14.7 Å². The molecule has 3 fully saturated rings. The number of carbonyl (C=O) groups excluding carboxylic acids is 2. The summed E-state index contributed by atoms with van der Waals surface area (Å²) in [5, 5.41) is 0.621. The third-order valence-corrected chi connectivity index (χ3v) is 7.91. The molecule has 7 nitrogen and oxygen atoms in total. The summed E-state index contributed by atoms with van der Waals surface area (Å²) in [7, 11) is 2.15. The monoisotopic (exact) mass is 600 g/mol. The number of hydrogen-bond donors (Lipinski definition) is 0. The number of aldehydes is 1. The largest absolute Gasteiger partial charge is 0.434 e. The molecule has 0 unspecified atom stereocenters. The van der Waals surface area contributed by atoms with Gasteiger partial charge in [-0.15, -0.1) is 0 Å². The van der Waals surface area contributed by atoms with Crippen LogP contribution in [0.4, 0.5) is 36.8 Å². The molecule has 0 aromatic heterocycles. The highest BCUT2D eigenvalue weighted by Crippen LogP contribution is 2.42. The Balaban J connectivity index is 0.00000141. The number of amides is 1. The molecule has 1 aromatic rings. The zero-order valence-corrected chi connectivity index (χ0v) is 23.3. The van der Waals surface area contributed by atoms with Crippen LogP contribution in [-0.2, 0) is 16.1 Å². The molecule has 3 aliphatic rings. The summed E-state index contributed by atoms with van der Waals surface area (Å²) in [6.07, 6.45) is -13.1. The van der Waals surface area contributed by atoms with Crippen LogP contribution in [0.25, 0.3) is 0 Å². The highest BCUT2D eigenvalue weighted by molar-refractivity contribution is 6.30. The third-order valence-electron chi connectivity index (χ3n) is 7.68. The second-order valence-corrected chi connectivity index (χ2v) is 11.0. The number of halogens is 7. The number of benzene rings is 1. The van der Waals surface area contributed by atoms with Crippen LogP contribution in [0.15, 0.2) is 18.2 Å². The van der Waals surface area contributed by atoms with Gasteiger partial charge in [0.15, 0.2) is 0 Å². The highest BCUT2D eigenvalue weighted by Gasteiger charge is 2.60. The van der Waals surface area contributed by atoms with Gasteiger partial charge >= 0.3 is 18.4 Å². The van der Waals surface area contributed by atoms with E-state index >= 15 is 0 Å². The van der Waals surface area contributed by atoms with Crippen LogP contribution < -0.4 is 4.90 Å². The Labute approximate surface area is 234 Å². The predicted octanol–water partition coefficient (Wildman–Crippen LogP) is 5.21. The van der Waals surface area contributed by atoms with Crippen LogP contribution in [0.3, 0.4) is 0 Å². The summed E-state index contributed by atoms with van der Waals surface area (Å²) in [5.74, 6) is 0. The average Bonchev–Trinajstić information content (AvgIpc) is 3.23. The van der Waals surface area contributed by atoms with Crippen molar-refractivity contribution in [2.45, 2.75) is 51.2 Å². The van der Waals surface area contributed by atoms with Crippen LogP contribution in [0.2, 0.25) is 5.02 Å². The smallest absolute Gasteiger partial charge is 0.426 e. The maximum absolute atomic E-state index is 12.7. The van der Waals surface area contributed by atoms with E-state index < -0.39 is 24.5 Å². The lowest BCUT2D eigenvalue weighted by molar-refractivity contribution is -0.308. The molecule has 3 heterocycles. The van der Waals surface area contributed by atoms with Gasteiger partial charge in [0.2, 0.25) is 0 Å². The van der Waals surface area contributed by atoms with Gasteiger partial charge in [-0.1, -0.05) is 17.7 Å². The van der Waals surface area contributed by atoms with E-state index in [1.807, 2.05) is 17.0 Å². The second kappa shape index (κ2) is 13.2. The molecule has 1 amide bonds. The Kier molecular flexibility index (Phi) is 10.6. The van der Waals surface area contributed by atoms with Crippen molar-refractivity contribution in [3.63, 3.8) is 0 Å². The first-order valence-corrected chi connectivity index (χ1v) is 13.5. The molecule has 14 heteroatoms. The quantitative estimate of drug-likeness (QED) is 0.349. The fraction of sp³-hybridized carbons (Fsp3) is 0.692. The van der Waals surface area contributed by atoms with Gasteiger partial charge in [0.05, 0.1) is 0 Å². The van der Waals surface area contributed by atoms with E-state index in [0.717, 1.165) is 61.5 Å². The minimum Gasteiger partial charge on any atom is -0.426 e. The zero-order chi connectivity index (χ0) is 29.7. The van der Waals surface area contributed by atoms with Crippen LogP contribution in [0.5, 0.6) is 0 Å². The van der Waals surface area contributed by atoms with Crippen molar-refractivity contribution in [2.24, 2.45) is 5.41 Å². The molecule has 1 spiro atoms. The predicted molar refractivity (Wildman–Crippen MR) is 138 cm³/mol. The summed E-state index contributed by atoms with van der Waals surface area (Å²) < 4.78 is 80.2. The first kappa shape index (κ1) is 32.3. The summed E-state index contributed by atoms with van der Waals surface area (Å²) in [4.78, 5) is 28.5.